The van der Waals surface area contributed by atoms with Crippen molar-refractivity contribution in [3.8, 4) is 0 Å². The van der Waals surface area contributed by atoms with Crippen LogP contribution < -0.4 is 10.6 Å². The van der Waals surface area contributed by atoms with Crippen molar-refractivity contribution < 1.29 is 5.11 Å². The van der Waals surface area contributed by atoms with Gasteiger partial charge >= 0.3 is 0 Å². The Hall–Kier alpha value is -1.83. The van der Waals surface area contributed by atoms with Crippen LogP contribution in [0.2, 0.25) is 5.28 Å². The van der Waals surface area contributed by atoms with Gasteiger partial charge in [0.1, 0.15) is 0 Å². The topological polar surface area (TPSA) is 132 Å². The molecule has 0 bridgehead atoms. The van der Waals surface area contributed by atoms with E-state index < -0.39 is 0 Å². The molecule has 10 heteroatoms. The minimum atomic E-state index is -0.0295. The maximum absolute atomic E-state index is 8.67. The van der Waals surface area contributed by atoms with Crippen molar-refractivity contribution >= 4 is 23.5 Å². The van der Waals surface area contributed by atoms with E-state index in [9.17, 15) is 0 Å². The van der Waals surface area contributed by atoms with E-state index in [2.05, 4.69) is 35.6 Å². The zero-order valence-electron chi connectivity index (χ0n) is 9.54. The number of nitrogens with zero attached hydrogens (tertiary/aromatic N) is 6. The molecule has 18 heavy (non-hydrogen) atoms. The first-order valence-electron chi connectivity index (χ1n) is 5.27. The minimum absolute atomic E-state index is 0.0295. The molecule has 0 fully saturated rings. The van der Waals surface area contributed by atoms with Crippen molar-refractivity contribution in [2.24, 2.45) is 5.11 Å². The highest BCUT2D eigenvalue weighted by atomic mass is 35.5. The van der Waals surface area contributed by atoms with E-state index in [0.29, 0.717) is 38.0 Å². The summed E-state index contributed by atoms with van der Waals surface area (Å²) >= 11 is 5.72. The first-order chi connectivity index (χ1) is 8.76. The number of aliphatic hydroxyl groups is 1. The Morgan fingerprint density at radius 2 is 1.89 bits per heavy atom. The van der Waals surface area contributed by atoms with Gasteiger partial charge in [0.15, 0.2) is 0 Å². The summed E-state index contributed by atoms with van der Waals surface area (Å²) in [7, 11) is 0. The lowest BCUT2D eigenvalue weighted by atomic mass is 10.4. The first-order valence-corrected chi connectivity index (χ1v) is 5.65. The van der Waals surface area contributed by atoms with Crippen molar-refractivity contribution in [1.29, 1.82) is 0 Å². The summed E-state index contributed by atoms with van der Waals surface area (Å²) in [5.41, 5.74) is 8.10. The van der Waals surface area contributed by atoms with Gasteiger partial charge in [-0.3, -0.25) is 0 Å². The molecule has 0 aliphatic heterocycles. The predicted octanol–water partition coefficient (Wildman–Crippen LogP) is 1.04. The van der Waals surface area contributed by atoms with Gasteiger partial charge in [-0.05, 0) is 23.6 Å². The summed E-state index contributed by atoms with van der Waals surface area (Å²) in [4.78, 5) is 14.4. The summed E-state index contributed by atoms with van der Waals surface area (Å²) < 4.78 is 0. The lowest BCUT2D eigenvalue weighted by Crippen LogP contribution is -2.12. The van der Waals surface area contributed by atoms with Crippen LogP contribution in [-0.4, -0.2) is 46.3 Å². The molecule has 0 atom stereocenters. The van der Waals surface area contributed by atoms with Crippen LogP contribution in [0.25, 0.3) is 10.4 Å². The Morgan fingerprint density at radius 1 is 1.22 bits per heavy atom. The highest BCUT2D eigenvalue weighted by molar-refractivity contribution is 6.28. The molecule has 0 radical (unpaired) electrons. The van der Waals surface area contributed by atoms with Gasteiger partial charge in [0.25, 0.3) is 0 Å². The largest absolute Gasteiger partial charge is 0.395 e. The third-order valence-electron chi connectivity index (χ3n) is 1.78. The summed E-state index contributed by atoms with van der Waals surface area (Å²) in [6, 6.07) is 0. The number of hydrogen-bond acceptors (Lipinski definition) is 7. The third-order valence-corrected chi connectivity index (χ3v) is 1.95. The van der Waals surface area contributed by atoms with E-state index in [1.165, 1.54) is 0 Å². The second-order valence-electron chi connectivity index (χ2n) is 3.14. The number of anilines is 2. The van der Waals surface area contributed by atoms with Crippen molar-refractivity contribution in [2.75, 3.05) is 36.9 Å². The number of nitrogens with one attached hydrogen (secondary N) is 2. The van der Waals surface area contributed by atoms with E-state index >= 15 is 0 Å². The second kappa shape index (κ2) is 8.29. The van der Waals surface area contributed by atoms with Gasteiger partial charge in [-0.25, -0.2) is 0 Å². The van der Waals surface area contributed by atoms with Crippen LogP contribution in [0.3, 0.4) is 0 Å². The lowest BCUT2D eigenvalue weighted by molar-refractivity contribution is 0.311. The molecule has 0 aromatic carbocycles. The zero-order chi connectivity index (χ0) is 13.2. The standard InChI is InChI=1S/C8H13ClN8O/c9-6-14-7(11-2-1-3-13-17-10)16-8(15-6)12-4-5-18/h18H,1-5H2,(H2,11,12,14,15,16). The molecule has 9 nitrogen and oxygen atoms in total. The molecule has 1 rings (SSSR count). The van der Waals surface area contributed by atoms with E-state index in [1.807, 2.05) is 0 Å². The van der Waals surface area contributed by atoms with Gasteiger partial charge in [-0.2, -0.15) is 15.0 Å². The molecule has 0 saturated heterocycles. The van der Waals surface area contributed by atoms with Gasteiger partial charge in [-0.1, -0.05) is 5.11 Å². The molecule has 0 saturated carbocycles. The molecular weight excluding hydrogens is 260 g/mol. The monoisotopic (exact) mass is 272 g/mol. The number of hydrogen-bond donors (Lipinski definition) is 3. The molecule has 3 N–H and O–H groups in total. The van der Waals surface area contributed by atoms with Gasteiger partial charge in [0, 0.05) is 24.5 Å². The molecular formula is C8H13ClN8O. The molecule has 1 aromatic heterocycles. The fraction of sp³-hybridized carbons (Fsp3) is 0.625. The Bertz CT molecular complexity index is 422. The van der Waals surface area contributed by atoms with E-state index in [-0.39, 0.29) is 11.9 Å². The Balaban J connectivity index is 2.48. The molecule has 98 valence electrons. The Morgan fingerprint density at radius 3 is 2.50 bits per heavy atom. The van der Waals surface area contributed by atoms with Gasteiger partial charge in [0.05, 0.1) is 6.61 Å². The predicted molar refractivity (Wildman–Crippen MR) is 67.5 cm³/mol. The molecule has 0 spiro atoms. The summed E-state index contributed by atoms with van der Waals surface area (Å²) in [6.07, 6.45) is 0.659. The SMILES string of the molecule is [N-]=[N+]=NCCCNc1nc(Cl)nc(NCCO)n1. The van der Waals surface area contributed by atoms with Crippen LogP contribution in [0.1, 0.15) is 6.42 Å². The lowest BCUT2D eigenvalue weighted by Gasteiger charge is -2.06. The first kappa shape index (κ1) is 14.2. The van der Waals surface area contributed by atoms with Crippen LogP contribution in [-0.2, 0) is 0 Å². The molecule has 0 aliphatic carbocycles. The maximum atomic E-state index is 8.67. The quantitative estimate of drug-likeness (QED) is 0.280. The summed E-state index contributed by atoms with van der Waals surface area (Å²) in [5, 5.41) is 17.8. The highest BCUT2D eigenvalue weighted by Gasteiger charge is 2.03. The van der Waals surface area contributed by atoms with E-state index in [4.69, 9.17) is 22.2 Å². The van der Waals surface area contributed by atoms with Gasteiger partial charge in [-0.15, -0.1) is 0 Å². The highest BCUT2D eigenvalue weighted by Crippen LogP contribution is 2.09. The normalized spacial score (nSPS) is 9.67. The zero-order valence-corrected chi connectivity index (χ0v) is 10.3. The number of aliphatic hydroxyl groups excluding tert-OH is 1. The maximum Gasteiger partial charge on any atom is 0.228 e. The third kappa shape index (κ3) is 5.48. The molecule has 0 unspecified atom stereocenters. The number of aromatic nitrogens is 3. The Labute approximate surface area is 108 Å². The molecule has 1 aromatic rings. The van der Waals surface area contributed by atoms with E-state index in [1.54, 1.807) is 0 Å². The summed E-state index contributed by atoms with van der Waals surface area (Å²) in [6.45, 7) is 1.26. The fourth-order valence-electron chi connectivity index (χ4n) is 1.07. The smallest absolute Gasteiger partial charge is 0.228 e. The minimum Gasteiger partial charge on any atom is -0.395 e. The fourth-order valence-corrected chi connectivity index (χ4v) is 1.23. The van der Waals surface area contributed by atoms with Crippen molar-refractivity contribution in [1.82, 2.24) is 15.0 Å². The van der Waals surface area contributed by atoms with Gasteiger partial charge in [0.2, 0.25) is 17.2 Å². The number of halogens is 1. The number of azide groups is 1. The van der Waals surface area contributed by atoms with Crippen molar-refractivity contribution in [3.63, 3.8) is 0 Å². The average molecular weight is 273 g/mol. The molecule has 0 aliphatic rings. The molecule has 1 heterocycles. The van der Waals surface area contributed by atoms with Crippen LogP contribution >= 0.6 is 11.6 Å². The van der Waals surface area contributed by atoms with Crippen LogP contribution in [0.15, 0.2) is 5.11 Å². The second-order valence-corrected chi connectivity index (χ2v) is 3.47. The average Bonchev–Trinajstić information content (AvgIpc) is 2.35. The van der Waals surface area contributed by atoms with Crippen molar-refractivity contribution in [3.05, 3.63) is 15.7 Å². The van der Waals surface area contributed by atoms with Crippen molar-refractivity contribution in [2.45, 2.75) is 6.42 Å². The van der Waals surface area contributed by atoms with Gasteiger partial charge < -0.3 is 15.7 Å². The van der Waals surface area contributed by atoms with Crippen LogP contribution in [0, 0.1) is 0 Å². The van der Waals surface area contributed by atoms with Crippen LogP contribution in [0.5, 0.6) is 0 Å². The molecule has 0 amide bonds. The Kier molecular flexibility index (Phi) is 6.55. The summed E-state index contributed by atoms with van der Waals surface area (Å²) in [5.74, 6) is 0.623. The van der Waals surface area contributed by atoms with E-state index in [0.717, 1.165) is 0 Å². The number of rotatable bonds is 8. The van der Waals surface area contributed by atoms with Crippen LogP contribution in [0.4, 0.5) is 11.9 Å².